The number of ketones is 1. The summed E-state index contributed by atoms with van der Waals surface area (Å²) >= 11 is 0. The molecular weight excluding hydrogens is 246 g/mol. The van der Waals surface area contributed by atoms with Crippen molar-refractivity contribution in [1.82, 2.24) is 4.90 Å². The summed E-state index contributed by atoms with van der Waals surface area (Å²) in [6.07, 6.45) is 14.8. The van der Waals surface area contributed by atoms with Crippen LogP contribution in [-0.4, -0.2) is 29.3 Å². The average molecular weight is 275 g/mol. The summed E-state index contributed by atoms with van der Waals surface area (Å²) in [5, 5.41) is 0. The Hall–Kier alpha value is -0.370. The van der Waals surface area contributed by atoms with E-state index in [0.29, 0.717) is 17.7 Å². The predicted octanol–water partition coefficient (Wildman–Crippen LogP) is 3.79. The highest BCUT2D eigenvalue weighted by atomic mass is 16.1. The fourth-order valence-electron chi connectivity index (χ4n) is 5.73. The highest BCUT2D eigenvalue weighted by Crippen LogP contribution is 2.43. The van der Waals surface area contributed by atoms with Crippen LogP contribution in [-0.2, 0) is 4.79 Å². The number of rotatable bonds is 1. The van der Waals surface area contributed by atoms with Crippen LogP contribution in [0.1, 0.15) is 70.6 Å². The third kappa shape index (κ3) is 2.45. The summed E-state index contributed by atoms with van der Waals surface area (Å²) in [5.74, 6) is 2.98. The lowest BCUT2D eigenvalue weighted by atomic mass is 9.69. The second-order valence-electron chi connectivity index (χ2n) is 8.03. The maximum Gasteiger partial charge on any atom is 0.138 e. The molecule has 4 bridgehead atoms. The van der Waals surface area contributed by atoms with Crippen molar-refractivity contribution in [2.24, 2.45) is 17.8 Å². The van der Waals surface area contributed by atoms with E-state index >= 15 is 0 Å². The van der Waals surface area contributed by atoms with Gasteiger partial charge in [-0.05, 0) is 43.9 Å². The molecule has 3 aliphatic carbocycles. The van der Waals surface area contributed by atoms with Crippen molar-refractivity contribution in [3.63, 3.8) is 0 Å². The van der Waals surface area contributed by atoms with Crippen LogP contribution in [0, 0.1) is 17.8 Å². The van der Waals surface area contributed by atoms with E-state index in [1.54, 1.807) is 0 Å². The number of Topliss-reactive ketones (excluding diaryl/α,β-unsaturated/α-hetero) is 1. The van der Waals surface area contributed by atoms with E-state index in [2.05, 4.69) is 4.90 Å². The van der Waals surface area contributed by atoms with Crippen molar-refractivity contribution in [1.29, 1.82) is 0 Å². The predicted molar refractivity (Wildman–Crippen MR) is 80.5 cm³/mol. The van der Waals surface area contributed by atoms with E-state index in [1.165, 1.54) is 64.2 Å². The van der Waals surface area contributed by atoms with Crippen LogP contribution in [0.4, 0.5) is 0 Å². The zero-order valence-electron chi connectivity index (χ0n) is 12.7. The minimum atomic E-state index is 0.383. The Kier molecular flexibility index (Phi) is 3.62. The maximum absolute atomic E-state index is 12.2. The van der Waals surface area contributed by atoms with Gasteiger partial charge in [-0.1, -0.05) is 32.1 Å². The molecule has 5 fully saturated rings. The zero-order chi connectivity index (χ0) is 13.5. The third-order valence-corrected chi connectivity index (χ3v) is 6.70. The van der Waals surface area contributed by atoms with Crippen molar-refractivity contribution in [2.75, 3.05) is 6.54 Å². The molecule has 2 aliphatic heterocycles. The molecule has 2 heteroatoms. The van der Waals surface area contributed by atoms with Gasteiger partial charge in [-0.2, -0.15) is 0 Å². The van der Waals surface area contributed by atoms with Crippen LogP contribution < -0.4 is 0 Å². The van der Waals surface area contributed by atoms with Crippen molar-refractivity contribution in [3.8, 4) is 0 Å². The van der Waals surface area contributed by atoms with E-state index in [-0.39, 0.29) is 0 Å². The molecule has 2 nitrogen and oxygen atoms in total. The zero-order valence-corrected chi connectivity index (χ0v) is 12.7. The first-order valence-corrected chi connectivity index (χ1v) is 9.08. The largest absolute Gasteiger partial charge is 0.299 e. The Morgan fingerprint density at radius 1 is 0.800 bits per heavy atom. The Bertz CT molecular complexity index is 368. The molecule has 0 aromatic carbocycles. The van der Waals surface area contributed by atoms with Crippen molar-refractivity contribution < 1.29 is 4.79 Å². The smallest absolute Gasteiger partial charge is 0.138 e. The molecule has 0 spiro atoms. The lowest BCUT2D eigenvalue weighted by Crippen LogP contribution is -2.55. The second-order valence-corrected chi connectivity index (χ2v) is 8.03. The van der Waals surface area contributed by atoms with Gasteiger partial charge in [0.1, 0.15) is 5.78 Å². The third-order valence-electron chi connectivity index (χ3n) is 6.70. The molecule has 0 N–H and O–H groups in total. The number of carbonyl (C=O) groups is 1. The van der Waals surface area contributed by atoms with Gasteiger partial charge in [0.2, 0.25) is 0 Å². The van der Waals surface area contributed by atoms with Gasteiger partial charge in [0.15, 0.2) is 0 Å². The summed E-state index contributed by atoms with van der Waals surface area (Å²) in [7, 11) is 0. The molecular formula is C18H29NO. The van der Waals surface area contributed by atoms with Crippen molar-refractivity contribution in [2.45, 2.75) is 82.7 Å². The quantitative estimate of drug-likeness (QED) is 0.725. The summed E-state index contributed by atoms with van der Waals surface area (Å²) in [6, 6.07) is 1.42. The van der Waals surface area contributed by atoms with E-state index in [4.69, 9.17) is 0 Å². The van der Waals surface area contributed by atoms with E-state index < -0.39 is 0 Å². The van der Waals surface area contributed by atoms with Crippen LogP contribution in [0.3, 0.4) is 0 Å². The Labute approximate surface area is 123 Å². The normalized spacial score (nSPS) is 46.0. The molecule has 2 saturated heterocycles. The van der Waals surface area contributed by atoms with Crippen molar-refractivity contribution >= 4 is 5.78 Å². The Morgan fingerprint density at radius 2 is 1.55 bits per heavy atom. The van der Waals surface area contributed by atoms with Gasteiger partial charge in [-0.15, -0.1) is 0 Å². The lowest BCUT2D eigenvalue weighted by Gasteiger charge is -2.50. The molecule has 5 atom stereocenters. The topological polar surface area (TPSA) is 20.3 Å². The molecule has 2 heterocycles. The van der Waals surface area contributed by atoms with Crippen LogP contribution in [0.15, 0.2) is 0 Å². The number of nitrogens with zero attached hydrogens (tertiary/aromatic N) is 1. The number of hydrogen-bond donors (Lipinski definition) is 0. The summed E-state index contributed by atoms with van der Waals surface area (Å²) in [6.45, 7) is 1.10. The van der Waals surface area contributed by atoms with Gasteiger partial charge in [0, 0.05) is 31.0 Å². The summed E-state index contributed by atoms with van der Waals surface area (Å²) < 4.78 is 0. The fourth-order valence-corrected chi connectivity index (χ4v) is 5.73. The molecule has 0 aromatic heterocycles. The van der Waals surface area contributed by atoms with Crippen LogP contribution in [0.2, 0.25) is 0 Å². The molecule has 20 heavy (non-hydrogen) atoms. The Balaban J connectivity index is 1.51. The number of carbonyl (C=O) groups excluding carboxylic acids is 1. The first kappa shape index (κ1) is 13.3. The standard InChI is InChI=1S/C18H29NO/c20-18-11-16-7-2-1-6-15(18)12-19(16)17-9-13-4-3-5-14(8-13)10-17/h13-17H,1-12H2/t13-,14+,15?,16?,17?. The monoisotopic (exact) mass is 275 g/mol. The van der Waals surface area contributed by atoms with Crippen LogP contribution in [0.5, 0.6) is 0 Å². The molecule has 3 unspecified atom stereocenters. The Morgan fingerprint density at radius 3 is 2.35 bits per heavy atom. The van der Waals surface area contributed by atoms with Gasteiger partial charge in [0.05, 0.1) is 0 Å². The minimum Gasteiger partial charge on any atom is -0.299 e. The van der Waals surface area contributed by atoms with Gasteiger partial charge in [-0.3, -0.25) is 9.69 Å². The van der Waals surface area contributed by atoms with Gasteiger partial charge in [0.25, 0.3) is 0 Å². The average Bonchev–Trinajstić information content (AvgIpc) is 2.40. The SMILES string of the molecule is O=C1CC2CCCCC1CN2C1C[C@H]2CCC[C@@H](C1)C2. The second kappa shape index (κ2) is 5.44. The highest BCUT2D eigenvalue weighted by molar-refractivity contribution is 5.82. The van der Waals surface area contributed by atoms with Gasteiger partial charge < -0.3 is 0 Å². The van der Waals surface area contributed by atoms with Crippen LogP contribution >= 0.6 is 0 Å². The van der Waals surface area contributed by atoms with Gasteiger partial charge >= 0.3 is 0 Å². The molecule has 0 amide bonds. The molecule has 0 radical (unpaired) electrons. The van der Waals surface area contributed by atoms with E-state index in [9.17, 15) is 4.79 Å². The lowest BCUT2D eigenvalue weighted by molar-refractivity contribution is -0.131. The van der Waals surface area contributed by atoms with E-state index in [0.717, 1.165) is 30.8 Å². The van der Waals surface area contributed by atoms with Crippen molar-refractivity contribution in [3.05, 3.63) is 0 Å². The van der Waals surface area contributed by atoms with E-state index in [1.807, 2.05) is 0 Å². The molecule has 5 aliphatic rings. The number of fused-ring (bicyclic) bond motifs is 7. The molecule has 112 valence electrons. The first-order valence-electron chi connectivity index (χ1n) is 9.08. The highest BCUT2D eigenvalue weighted by Gasteiger charge is 2.42. The fraction of sp³-hybridized carbons (Fsp3) is 0.944. The number of hydrogen-bond acceptors (Lipinski definition) is 2. The molecule has 3 saturated carbocycles. The summed E-state index contributed by atoms with van der Waals surface area (Å²) in [4.78, 5) is 15.0. The maximum atomic E-state index is 12.2. The summed E-state index contributed by atoms with van der Waals surface area (Å²) in [5.41, 5.74) is 0. The van der Waals surface area contributed by atoms with Gasteiger partial charge in [-0.25, -0.2) is 0 Å². The molecule has 5 rings (SSSR count). The van der Waals surface area contributed by atoms with Crippen LogP contribution in [0.25, 0.3) is 0 Å². The molecule has 0 aromatic rings. The minimum absolute atomic E-state index is 0.383. The first-order chi connectivity index (χ1) is 9.79. The number of piperidine rings is 1.